The molecule has 1 aliphatic rings. The van der Waals surface area contributed by atoms with Crippen molar-refractivity contribution in [1.82, 2.24) is 0 Å². The zero-order valence-corrected chi connectivity index (χ0v) is 9.85. The second-order valence-corrected chi connectivity index (χ2v) is 5.19. The van der Waals surface area contributed by atoms with E-state index in [-0.39, 0.29) is 19.1 Å². The van der Waals surface area contributed by atoms with Crippen molar-refractivity contribution >= 4 is 10.1 Å². The molecule has 17 heavy (non-hydrogen) atoms. The van der Waals surface area contributed by atoms with Crippen molar-refractivity contribution in [3.8, 4) is 11.6 Å². The molecule has 0 aromatic carbocycles. The summed E-state index contributed by atoms with van der Waals surface area (Å²) < 4.78 is 37.3. The molecular formula is C9H11NO6S. The number of hydrogen-bond donors (Lipinski definition) is 0. The van der Waals surface area contributed by atoms with Crippen molar-refractivity contribution in [2.75, 3.05) is 19.5 Å². The van der Waals surface area contributed by atoms with E-state index in [0.29, 0.717) is 10.5 Å². The molecule has 0 aliphatic carbocycles. The highest BCUT2D eigenvalue weighted by molar-refractivity contribution is 7.85. The van der Waals surface area contributed by atoms with E-state index >= 15 is 0 Å². The van der Waals surface area contributed by atoms with Crippen molar-refractivity contribution < 1.29 is 26.8 Å². The minimum atomic E-state index is -3.53. The van der Waals surface area contributed by atoms with Gasteiger partial charge in [-0.15, -0.1) is 4.73 Å². The van der Waals surface area contributed by atoms with Crippen molar-refractivity contribution in [2.45, 2.75) is 6.10 Å². The summed E-state index contributed by atoms with van der Waals surface area (Å²) in [4.78, 5) is 0. The molecule has 0 spiro atoms. The molecule has 0 N–H and O–H groups in total. The first-order valence-electron chi connectivity index (χ1n) is 4.82. The SMILES string of the molecule is CS(=O)(=O)OCC1COc2ccc[n+]([O-])c2O1. The van der Waals surface area contributed by atoms with Gasteiger partial charge in [0.1, 0.15) is 13.2 Å². The smallest absolute Gasteiger partial charge is 0.423 e. The molecule has 1 unspecified atom stereocenters. The fourth-order valence-electron chi connectivity index (χ4n) is 1.33. The van der Waals surface area contributed by atoms with Crippen LogP contribution in [0.3, 0.4) is 0 Å². The Balaban J connectivity index is 2.06. The van der Waals surface area contributed by atoms with Gasteiger partial charge in [-0.05, 0) is 6.07 Å². The van der Waals surface area contributed by atoms with Crippen LogP contribution in [-0.4, -0.2) is 34.0 Å². The van der Waals surface area contributed by atoms with E-state index in [4.69, 9.17) is 9.47 Å². The van der Waals surface area contributed by atoms with E-state index in [1.807, 2.05) is 0 Å². The summed E-state index contributed by atoms with van der Waals surface area (Å²) in [5.41, 5.74) is 0. The van der Waals surface area contributed by atoms with Gasteiger partial charge in [-0.3, -0.25) is 4.18 Å². The average Bonchev–Trinajstić information content (AvgIpc) is 2.26. The van der Waals surface area contributed by atoms with Gasteiger partial charge in [-0.25, -0.2) is 0 Å². The van der Waals surface area contributed by atoms with Crippen molar-refractivity contribution in [2.24, 2.45) is 0 Å². The van der Waals surface area contributed by atoms with Crippen LogP contribution in [-0.2, 0) is 14.3 Å². The predicted octanol–water partition coefficient (Wildman–Crippen LogP) is -0.564. The van der Waals surface area contributed by atoms with Crippen LogP contribution in [0.5, 0.6) is 11.6 Å². The molecule has 1 aromatic heterocycles. The normalized spacial score (nSPS) is 19.0. The van der Waals surface area contributed by atoms with Crippen molar-refractivity contribution in [1.29, 1.82) is 0 Å². The van der Waals surface area contributed by atoms with Crippen LogP contribution in [0.25, 0.3) is 0 Å². The first-order valence-corrected chi connectivity index (χ1v) is 6.63. The Hall–Kier alpha value is -1.54. The summed E-state index contributed by atoms with van der Waals surface area (Å²) in [6, 6.07) is 3.12. The summed E-state index contributed by atoms with van der Waals surface area (Å²) in [7, 11) is -3.53. The lowest BCUT2D eigenvalue weighted by Gasteiger charge is -2.23. The first-order chi connectivity index (χ1) is 7.96. The van der Waals surface area contributed by atoms with Crippen LogP contribution >= 0.6 is 0 Å². The fourth-order valence-corrected chi connectivity index (χ4v) is 1.73. The quantitative estimate of drug-likeness (QED) is 0.411. The number of fused-ring (bicyclic) bond motifs is 1. The topological polar surface area (TPSA) is 88.8 Å². The van der Waals surface area contributed by atoms with E-state index in [2.05, 4.69) is 4.18 Å². The molecule has 1 aromatic rings. The molecule has 2 rings (SSSR count). The molecule has 1 atom stereocenters. The van der Waals surface area contributed by atoms with Gasteiger partial charge in [-0.1, -0.05) is 0 Å². The number of rotatable bonds is 3. The van der Waals surface area contributed by atoms with Crippen LogP contribution in [0.2, 0.25) is 0 Å². The molecule has 0 amide bonds. The summed E-state index contributed by atoms with van der Waals surface area (Å²) in [6.45, 7) is -0.0559. The Bertz CT molecular complexity index is 514. The van der Waals surface area contributed by atoms with Crippen LogP contribution in [0.1, 0.15) is 0 Å². The first kappa shape index (κ1) is 11.9. The van der Waals surface area contributed by atoms with Crippen LogP contribution in [0.4, 0.5) is 0 Å². The second kappa shape index (κ2) is 4.38. The Morgan fingerprint density at radius 1 is 1.65 bits per heavy atom. The van der Waals surface area contributed by atoms with Gasteiger partial charge in [0.2, 0.25) is 5.75 Å². The number of pyridine rings is 1. The summed E-state index contributed by atoms with van der Waals surface area (Å²) in [6.07, 6.45) is 1.58. The van der Waals surface area contributed by atoms with Gasteiger partial charge < -0.3 is 14.7 Å². The maximum absolute atomic E-state index is 11.4. The van der Waals surface area contributed by atoms with E-state index in [1.165, 1.54) is 12.3 Å². The molecule has 1 aliphatic heterocycles. The second-order valence-electron chi connectivity index (χ2n) is 3.54. The van der Waals surface area contributed by atoms with Crippen molar-refractivity contribution in [3.05, 3.63) is 23.5 Å². The highest BCUT2D eigenvalue weighted by Gasteiger charge is 2.28. The molecule has 8 heteroatoms. The molecular weight excluding hydrogens is 250 g/mol. The summed E-state index contributed by atoms with van der Waals surface area (Å²) >= 11 is 0. The largest absolute Gasteiger partial charge is 0.616 e. The van der Waals surface area contributed by atoms with Crippen LogP contribution < -0.4 is 14.2 Å². The number of ether oxygens (including phenoxy) is 2. The molecule has 0 radical (unpaired) electrons. The van der Waals surface area contributed by atoms with Gasteiger partial charge in [0, 0.05) is 6.07 Å². The fraction of sp³-hybridized carbons (Fsp3) is 0.444. The zero-order chi connectivity index (χ0) is 12.5. The van der Waals surface area contributed by atoms with E-state index in [9.17, 15) is 13.6 Å². The summed E-state index contributed by atoms with van der Waals surface area (Å²) in [5.74, 6) is 0.346. The van der Waals surface area contributed by atoms with E-state index in [1.54, 1.807) is 6.07 Å². The third-order valence-corrected chi connectivity index (χ3v) is 2.62. The summed E-state index contributed by atoms with van der Waals surface area (Å²) in [5, 5.41) is 11.4. The Kier molecular flexibility index (Phi) is 3.07. The minimum Gasteiger partial charge on any atom is -0.616 e. The Morgan fingerprint density at radius 2 is 2.41 bits per heavy atom. The lowest BCUT2D eigenvalue weighted by atomic mass is 10.3. The number of aromatic nitrogens is 1. The molecule has 2 heterocycles. The Morgan fingerprint density at radius 3 is 3.12 bits per heavy atom. The lowest BCUT2D eigenvalue weighted by Crippen LogP contribution is -2.40. The molecule has 0 bridgehead atoms. The van der Waals surface area contributed by atoms with Gasteiger partial charge in [0.05, 0.1) is 6.26 Å². The Labute approximate surface area is 98.2 Å². The molecule has 0 fully saturated rings. The lowest BCUT2D eigenvalue weighted by molar-refractivity contribution is -0.615. The zero-order valence-electron chi connectivity index (χ0n) is 9.03. The minimum absolute atomic E-state index is 0.0147. The molecule has 0 saturated heterocycles. The molecule has 7 nitrogen and oxygen atoms in total. The molecule has 94 valence electrons. The van der Waals surface area contributed by atoms with Gasteiger partial charge in [-0.2, -0.15) is 8.42 Å². The number of hydrogen-bond acceptors (Lipinski definition) is 6. The molecule has 0 saturated carbocycles. The standard InChI is InChI=1S/C9H11NO6S/c1-17(12,13)15-6-7-5-14-8-3-2-4-10(11)9(8)16-7/h2-4,7H,5-6H2,1H3. The van der Waals surface area contributed by atoms with Gasteiger partial charge in [0.25, 0.3) is 10.1 Å². The third-order valence-electron chi connectivity index (χ3n) is 2.05. The maximum Gasteiger partial charge on any atom is 0.423 e. The highest BCUT2D eigenvalue weighted by Crippen LogP contribution is 2.27. The van der Waals surface area contributed by atoms with Crippen LogP contribution in [0.15, 0.2) is 18.3 Å². The monoisotopic (exact) mass is 261 g/mol. The number of nitrogens with zero attached hydrogens (tertiary/aromatic N) is 1. The third kappa shape index (κ3) is 2.98. The van der Waals surface area contributed by atoms with Crippen LogP contribution in [0, 0.1) is 5.21 Å². The van der Waals surface area contributed by atoms with E-state index in [0.717, 1.165) is 6.26 Å². The maximum atomic E-state index is 11.4. The van der Waals surface area contributed by atoms with Gasteiger partial charge >= 0.3 is 5.88 Å². The van der Waals surface area contributed by atoms with Gasteiger partial charge in [0.15, 0.2) is 12.3 Å². The highest BCUT2D eigenvalue weighted by atomic mass is 32.2. The predicted molar refractivity (Wildman–Crippen MR) is 56.1 cm³/mol. The average molecular weight is 261 g/mol. The van der Waals surface area contributed by atoms with E-state index < -0.39 is 16.2 Å². The van der Waals surface area contributed by atoms with Crippen molar-refractivity contribution in [3.63, 3.8) is 0 Å².